The molecule has 3 aromatic rings. The van der Waals surface area contributed by atoms with E-state index in [1.54, 1.807) is 11.0 Å². The summed E-state index contributed by atoms with van der Waals surface area (Å²) < 4.78 is 52.2. The van der Waals surface area contributed by atoms with Crippen LogP contribution in [0.25, 0.3) is 0 Å². The molecule has 2 aromatic carbocycles. The normalized spacial score (nSPS) is 20.6. The molecule has 3 aliphatic rings. The standard InChI is InChI=1S/C27H25F2N3O7S/c1-36-27(35)39-14-38-25-19(33)8-9-31-24(25)26(34)30-10-11-37-12-21(30)32(31)23-15-6-7-18(28)22(29)17(15)13-40-20-5-3-2-4-16(20)23/h2-9,21,23,27,35H,10-14H2,1H3/t21-,23?,27?/m1/s1. The predicted octanol–water partition coefficient (Wildman–Crippen LogP) is 2.55. The number of carbonyl (C=O) groups excluding carboxylic acids is 1. The van der Waals surface area contributed by atoms with Crippen LogP contribution in [0.3, 0.4) is 0 Å². The second-order valence-electron chi connectivity index (χ2n) is 9.27. The van der Waals surface area contributed by atoms with E-state index in [9.17, 15) is 19.1 Å². The van der Waals surface area contributed by atoms with Gasteiger partial charge in [-0.3, -0.25) is 24.0 Å². The van der Waals surface area contributed by atoms with Gasteiger partial charge < -0.3 is 24.2 Å². The quantitative estimate of drug-likeness (QED) is 0.446. The third-order valence-electron chi connectivity index (χ3n) is 7.15. The average molecular weight is 574 g/mol. The van der Waals surface area contributed by atoms with Crippen molar-refractivity contribution in [2.45, 2.75) is 29.3 Å². The molecular formula is C27H25F2N3O7S. The summed E-state index contributed by atoms with van der Waals surface area (Å²) in [6, 6.07) is 10.8. The van der Waals surface area contributed by atoms with Crippen molar-refractivity contribution < 1.29 is 37.6 Å². The third kappa shape index (κ3) is 4.43. The Morgan fingerprint density at radius 2 is 1.98 bits per heavy atom. The highest BCUT2D eigenvalue weighted by Crippen LogP contribution is 2.45. The maximum absolute atomic E-state index is 15.3. The van der Waals surface area contributed by atoms with E-state index in [0.29, 0.717) is 5.56 Å². The molecule has 3 aliphatic heterocycles. The van der Waals surface area contributed by atoms with Crippen molar-refractivity contribution >= 4 is 17.7 Å². The summed E-state index contributed by atoms with van der Waals surface area (Å²) in [4.78, 5) is 29.2. The van der Waals surface area contributed by atoms with E-state index in [0.717, 1.165) is 16.5 Å². The third-order valence-corrected chi connectivity index (χ3v) is 8.26. The number of hydrogen-bond donors (Lipinski definition) is 1. The Morgan fingerprint density at radius 3 is 2.80 bits per heavy atom. The maximum Gasteiger partial charge on any atom is 0.278 e. The molecule has 13 heteroatoms. The lowest BCUT2D eigenvalue weighted by atomic mass is 9.93. The number of aromatic nitrogens is 1. The zero-order valence-corrected chi connectivity index (χ0v) is 22.1. The van der Waals surface area contributed by atoms with Crippen molar-refractivity contribution in [3.63, 3.8) is 0 Å². The summed E-state index contributed by atoms with van der Waals surface area (Å²) in [6.45, 7) is -1.52. The first kappa shape index (κ1) is 26.7. The molecule has 1 aromatic heterocycles. The molecule has 4 heterocycles. The molecule has 210 valence electrons. The highest BCUT2D eigenvalue weighted by atomic mass is 32.2. The number of carbonyl (C=O) groups is 1. The minimum Gasteiger partial charge on any atom is -0.461 e. The van der Waals surface area contributed by atoms with Gasteiger partial charge in [0.05, 0.1) is 19.3 Å². The molecule has 0 spiro atoms. The van der Waals surface area contributed by atoms with Crippen molar-refractivity contribution in [1.82, 2.24) is 9.58 Å². The summed E-state index contributed by atoms with van der Waals surface area (Å²) >= 11 is 1.39. The number of thioether (sulfide) groups is 1. The fourth-order valence-electron chi connectivity index (χ4n) is 5.33. The second kappa shape index (κ2) is 10.8. The highest BCUT2D eigenvalue weighted by molar-refractivity contribution is 7.98. The molecule has 1 fully saturated rings. The van der Waals surface area contributed by atoms with Crippen LogP contribution in [0.1, 0.15) is 33.2 Å². The number of rotatable bonds is 6. The monoisotopic (exact) mass is 573 g/mol. The average Bonchev–Trinajstić information content (AvgIpc) is 3.13. The fraction of sp³-hybridized carbons (Fsp3) is 0.333. The number of ether oxygens (including phenoxy) is 4. The highest BCUT2D eigenvalue weighted by Gasteiger charge is 2.46. The minimum atomic E-state index is -1.59. The number of fused-ring (bicyclic) bond motifs is 4. The summed E-state index contributed by atoms with van der Waals surface area (Å²) in [5.41, 5.74) is 0.907. The Kier molecular flexibility index (Phi) is 7.23. The van der Waals surface area contributed by atoms with E-state index in [1.807, 2.05) is 29.3 Å². The van der Waals surface area contributed by atoms with Crippen molar-refractivity contribution in [2.75, 3.05) is 38.7 Å². The Balaban J connectivity index is 1.57. The largest absolute Gasteiger partial charge is 0.461 e. The van der Waals surface area contributed by atoms with Crippen molar-refractivity contribution in [1.29, 1.82) is 0 Å². The van der Waals surface area contributed by atoms with Gasteiger partial charge in [0, 0.05) is 42.1 Å². The van der Waals surface area contributed by atoms with Crippen LogP contribution in [0.15, 0.2) is 58.4 Å². The number of morpholine rings is 1. The number of benzene rings is 2. The van der Waals surface area contributed by atoms with Crippen LogP contribution in [0.5, 0.6) is 5.75 Å². The Labute approximate surface area is 231 Å². The number of hydrogen-bond acceptors (Lipinski definition) is 9. The first-order valence-corrected chi connectivity index (χ1v) is 13.5. The number of aliphatic hydroxyl groups is 1. The van der Waals surface area contributed by atoms with Crippen molar-refractivity contribution in [2.24, 2.45) is 0 Å². The van der Waals surface area contributed by atoms with Crippen molar-refractivity contribution in [3.05, 3.63) is 92.9 Å². The lowest BCUT2D eigenvalue weighted by Gasteiger charge is -2.51. The second-order valence-corrected chi connectivity index (χ2v) is 10.3. The number of halogens is 2. The molecule has 1 N–H and O–H groups in total. The van der Waals surface area contributed by atoms with Gasteiger partial charge in [-0.25, -0.2) is 8.78 Å². The molecule has 10 nitrogen and oxygen atoms in total. The first-order chi connectivity index (χ1) is 19.4. The van der Waals surface area contributed by atoms with Crippen LogP contribution in [0.2, 0.25) is 0 Å². The predicted molar refractivity (Wildman–Crippen MR) is 138 cm³/mol. The lowest BCUT2D eigenvalue weighted by Crippen LogP contribution is -2.66. The van der Waals surface area contributed by atoms with Crippen LogP contribution in [-0.2, 0) is 20.0 Å². The SMILES string of the molecule is COC(O)OCOc1c2n(ccc1=O)N(C1c3ccccc3SCc3c1ccc(F)c3F)[C@@H]1COCCN1C2=O. The van der Waals surface area contributed by atoms with Gasteiger partial charge in [-0.05, 0) is 23.3 Å². The molecule has 1 saturated heterocycles. The van der Waals surface area contributed by atoms with E-state index in [-0.39, 0.29) is 42.5 Å². The number of amides is 1. The molecular weight excluding hydrogens is 548 g/mol. The van der Waals surface area contributed by atoms with E-state index in [4.69, 9.17) is 14.2 Å². The van der Waals surface area contributed by atoms with Crippen LogP contribution in [0.4, 0.5) is 8.78 Å². The number of pyridine rings is 1. The van der Waals surface area contributed by atoms with Crippen LogP contribution in [-0.4, -0.2) is 66.9 Å². The van der Waals surface area contributed by atoms with Crippen molar-refractivity contribution in [3.8, 4) is 5.75 Å². The smallest absolute Gasteiger partial charge is 0.278 e. The number of nitrogens with zero attached hydrogens (tertiary/aromatic N) is 3. The lowest BCUT2D eigenvalue weighted by molar-refractivity contribution is -0.270. The molecule has 3 atom stereocenters. The van der Waals surface area contributed by atoms with E-state index in [2.05, 4.69) is 4.74 Å². The fourth-order valence-corrected chi connectivity index (χ4v) is 6.44. The summed E-state index contributed by atoms with van der Waals surface area (Å²) in [5.74, 6) is -2.42. The van der Waals surface area contributed by atoms with E-state index in [1.165, 1.54) is 35.8 Å². The number of methoxy groups -OCH3 is 1. The van der Waals surface area contributed by atoms with Crippen LogP contribution < -0.4 is 15.2 Å². The molecule has 0 aliphatic carbocycles. The Hall–Kier alpha value is -3.49. The van der Waals surface area contributed by atoms with Gasteiger partial charge in [-0.2, -0.15) is 0 Å². The molecule has 6 rings (SSSR count). The molecule has 0 bridgehead atoms. The molecule has 0 saturated carbocycles. The van der Waals surface area contributed by atoms with Crippen LogP contribution >= 0.6 is 11.8 Å². The Morgan fingerprint density at radius 1 is 1.15 bits per heavy atom. The Bertz CT molecular complexity index is 1520. The first-order valence-electron chi connectivity index (χ1n) is 12.5. The summed E-state index contributed by atoms with van der Waals surface area (Å²) in [7, 11) is 1.22. The van der Waals surface area contributed by atoms with Gasteiger partial charge in [-0.15, -0.1) is 11.8 Å². The van der Waals surface area contributed by atoms with Gasteiger partial charge in [-0.1, -0.05) is 24.3 Å². The van der Waals surface area contributed by atoms with E-state index < -0.39 is 48.4 Å². The van der Waals surface area contributed by atoms with Gasteiger partial charge in [0.1, 0.15) is 6.17 Å². The van der Waals surface area contributed by atoms with Gasteiger partial charge in [0.15, 0.2) is 24.1 Å². The molecule has 40 heavy (non-hydrogen) atoms. The maximum atomic E-state index is 15.3. The zero-order chi connectivity index (χ0) is 28.0. The zero-order valence-electron chi connectivity index (χ0n) is 21.3. The molecule has 0 radical (unpaired) electrons. The molecule has 2 unspecified atom stereocenters. The van der Waals surface area contributed by atoms with Gasteiger partial charge >= 0.3 is 0 Å². The topological polar surface area (TPSA) is 103 Å². The van der Waals surface area contributed by atoms with Gasteiger partial charge in [0.2, 0.25) is 11.2 Å². The van der Waals surface area contributed by atoms with Crippen LogP contribution in [0, 0.1) is 11.6 Å². The molecule has 1 amide bonds. The summed E-state index contributed by atoms with van der Waals surface area (Å²) in [5, 5.41) is 11.4. The van der Waals surface area contributed by atoms with Gasteiger partial charge in [0.25, 0.3) is 12.4 Å². The minimum absolute atomic E-state index is 0.0697. The summed E-state index contributed by atoms with van der Waals surface area (Å²) in [6.07, 6.45) is 0.817. The van der Waals surface area contributed by atoms with E-state index >= 15 is 4.39 Å². The number of aliphatic hydroxyl groups excluding tert-OH is 1.